The maximum absolute atomic E-state index is 10.9. The molecule has 3 aromatic carbocycles. The van der Waals surface area contributed by atoms with Crippen molar-refractivity contribution in [3.8, 4) is 5.75 Å². The van der Waals surface area contributed by atoms with Gasteiger partial charge in [-0.25, -0.2) is 9.78 Å². The van der Waals surface area contributed by atoms with Crippen molar-refractivity contribution in [3.05, 3.63) is 102 Å². The lowest BCUT2D eigenvalue weighted by atomic mass is 10.1. The number of carbonyl (C=O) groups is 1. The van der Waals surface area contributed by atoms with Crippen molar-refractivity contribution < 1.29 is 14.6 Å². The van der Waals surface area contributed by atoms with Crippen LogP contribution in [0.15, 0.2) is 85.5 Å². The normalized spacial score (nSPS) is 11.2. The van der Waals surface area contributed by atoms with E-state index in [0.717, 1.165) is 23.6 Å². The van der Waals surface area contributed by atoms with Crippen molar-refractivity contribution in [2.45, 2.75) is 13.0 Å². The van der Waals surface area contributed by atoms with Crippen LogP contribution in [0.5, 0.6) is 5.75 Å². The van der Waals surface area contributed by atoms with Gasteiger partial charge in [0.05, 0.1) is 12.9 Å². The predicted molar refractivity (Wildman–Crippen MR) is 118 cm³/mol. The van der Waals surface area contributed by atoms with Crippen molar-refractivity contribution in [2.24, 2.45) is 0 Å². The smallest absolute Gasteiger partial charge is 0.328 e. The zero-order chi connectivity index (χ0) is 20.8. The van der Waals surface area contributed by atoms with E-state index in [-0.39, 0.29) is 0 Å². The summed E-state index contributed by atoms with van der Waals surface area (Å²) in [6, 6.07) is 20.5. The molecule has 1 aromatic heterocycles. The average Bonchev–Trinajstić information content (AvgIpc) is 3.26. The van der Waals surface area contributed by atoms with E-state index in [2.05, 4.69) is 35.3 Å². The van der Waals surface area contributed by atoms with Gasteiger partial charge >= 0.3 is 5.97 Å². The largest absolute Gasteiger partial charge is 0.493 e. The van der Waals surface area contributed by atoms with Crippen LogP contribution in [-0.4, -0.2) is 27.2 Å². The Labute approximate surface area is 174 Å². The van der Waals surface area contributed by atoms with E-state index in [9.17, 15) is 4.79 Å². The molecule has 0 saturated heterocycles. The van der Waals surface area contributed by atoms with Crippen LogP contribution in [0, 0.1) is 0 Å². The summed E-state index contributed by atoms with van der Waals surface area (Å²) in [5.41, 5.74) is 3.00. The van der Waals surface area contributed by atoms with Gasteiger partial charge in [-0.15, -0.1) is 0 Å². The van der Waals surface area contributed by atoms with Crippen LogP contribution in [-0.2, 0) is 17.8 Å². The molecule has 5 heteroatoms. The number of aromatic nitrogens is 2. The number of rotatable bonds is 8. The quantitative estimate of drug-likeness (QED) is 0.433. The molecule has 1 N–H and O–H groups in total. The van der Waals surface area contributed by atoms with Gasteiger partial charge in [-0.05, 0) is 34.0 Å². The highest BCUT2D eigenvalue weighted by molar-refractivity contribution is 5.86. The topological polar surface area (TPSA) is 64.3 Å². The fourth-order valence-electron chi connectivity index (χ4n) is 3.37. The molecule has 0 unspecified atom stereocenters. The maximum atomic E-state index is 10.9. The minimum Gasteiger partial charge on any atom is -0.493 e. The second kappa shape index (κ2) is 9.09. The molecular weight excluding hydrogens is 376 g/mol. The number of benzene rings is 3. The summed E-state index contributed by atoms with van der Waals surface area (Å²) in [7, 11) is 0. The Kier molecular flexibility index (Phi) is 5.90. The maximum Gasteiger partial charge on any atom is 0.328 e. The van der Waals surface area contributed by atoms with Crippen LogP contribution in [0.2, 0.25) is 0 Å². The van der Waals surface area contributed by atoms with Gasteiger partial charge < -0.3 is 14.4 Å². The third-order valence-corrected chi connectivity index (χ3v) is 4.87. The van der Waals surface area contributed by atoms with E-state index in [0.29, 0.717) is 18.9 Å². The molecule has 1 heterocycles. The van der Waals surface area contributed by atoms with E-state index < -0.39 is 5.97 Å². The summed E-state index contributed by atoms with van der Waals surface area (Å²) >= 11 is 0. The fourth-order valence-corrected chi connectivity index (χ4v) is 3.37. The number of hydrogen-bond acceptors (Lipinski definition) is 3. The number of fused-ring (bicyclic) bond motifs is 1. The molecule has 0 spiro atoms. The molecule has 150 valence electrons. The molecule has 0 bridgehead atoms. The average molecular weight is 398 g/mol. The van der Waals surface area contributed by atoms with Crippen molar-refractivity contribution in [1.82, 2.24) is 9.55 Å². The highest BCUT2D eigenvalue weighted by Gasteiger charge is 2.06. The summed E-state index contributed by atoms with van der Waals surface area (Å²) in [4.78, 5) is 15.0. The Morgan fingerprint density at radius 1 is 1.03 bits per heavy atom. The first-order chi connectivity index (χ1) is 14.7. The summed E-state index contributed by atoms with van der Waals surface area (Å²) in [6.07, 6.45) is 8.86. The van der Waals surface area contributed by atoms with Crippen molar-refractivity contribution in [1.29, 1.82) is 0 Å². The van der Waals surface area contributed by atoms with Crippen LogP contribution in [0.4, 0.5) is 0 Å². The van der Waals surface area contributed by atoms with E-state index in [4.69, 9.17) is 9.84 Å². The van der Waals surface area contributed by atoms with Crippen LogP contribution >= 0.6 is 0 Å². The molecule has 30 heavy (non-hydrogen) atoms. The highest BCUT2D eigenvalue weighted by atomic mass is 16.5. The summed E-state index contributed by atoms with van der Waals surface area (Å²) in [5.74, 6) is -0.314. The molecule has 0 aliphatic heterocycles. The number of carboxylic acids is 1. The molecule has 0 aliphatic rings. The van der Waals surface area contributed by atoms with E-state index >= 15 is 0 Å². The number of ether oxygens (including phenoxy) is 1. The van der Waals surface area contributed by atoms with Gasteiger partial charge in [-0.2, -0.15) is 0 Å². The molecule has 0 fully saturated rings. The van der Waals surface area contributed by atoms with E-state index in [1.807, 2.05) is 41.1 Å². The SMILES string of the molecule is O=C(O)C=Cc1ccc(Cn2ccnc2)cc1OCCc1ccc2ccccc2c1. The summed E-state index contributed by atoms with van der Waals surface area (Å²) < 4.78 is 8.05. The number of aliphatic carboxylic acids is 1. The second-order valence-electron chi connectivity index (χ2n) is 7.06. The lowest BCUT2D eigenvalue weighted by molar-refractivity contribution is -0.131. The monoisotopic (exact) mass is 398 g/mol. The van der Waals surface area contributed by atoms with E-state index in [1.54, 1.807) is 18.6 Å². The number of nitrogens with zero attached hydrogens (tertiary/aromatic N) is 2. The Balaban J connectivity index is 1.49. The summed E-state index contributed by atoms with van der Waals surface area (Å²) in [6.45, 7) is 1.17. The Morgan fingerprint density at radius 2 is 1.87 bits per heavy atom. The molecular formula is C25H22N2O3. The first-order valence-corrected chi connectivity index (χ1v) is 9.77. The molecule has 0 amide bonds. The van der Waals surface area contributed by atoms with E-state index in [1.165, 1.54) is 16.3 Å². The molecule has 5 nitrogen and oxygen atoms in total. The number of hydrogen-bond donors (Lipinski definition) is 1. The standard InChI is InChI=1S/C25H22N2O3/c28-25(29)10-9-22-8-6-20(17-27-13-12-26-18-27)16-24(22)30-14-11-19-5-7-21-3-1-2-4-23(21)15-19/h1-10,12-13,15-16,18H,11,14,17H2,(H,28,29). The fraction of sp³-hybridized carbons (Fsp3) is 0.120. The number of imidazole rings is 1. The third-order valence-electron chi connectivity index (χ3n) is 4.87. The Bertz CT molecular complexity index is 1180. The van der Waals surface area contributed by atoms with Gasteiger partial charge in [0, 0.05) is 37.0 Å². The zero-order valence-electron chi connectivity index (χ0n) is 16.4. The Morgan fingerprint density at radius 3 is 2.67 bits per heavy atom. The van der Waals surface area contributed by atoms with Crippen molar-refractivity contribution in [3.63, 3.8) is 0 Å². The number of carboxylic acid groups (broad SMARTS) is 1. The van der Waals surface area contributed by atoms with Gasteiger partial charge in [0.2, 0.25) is 0 Å². The van der Waals surface area contributed by atoms with Gasteiger partial charge in [0.25, 0.3) is 0 Å². The minimum atomic E-state index is -0.986. The third kappa shape index (κ3) is 4.94. The first kappa shape index (κ1) is 19.5. The van der Waals surface area contributed by atoms with Gasteiger partial charge in [-0.3, -0.25) is 0 Å². The van der Waals surface area contributed by atoms with Crippen LogP contribution in [0.1, 0.15) is 16.7 Å². The zero-order valence-corrected chi connectivity index (χ0v) is 16.4. The molecule has 4 aromatic rings. The highest BCUT2D eigenvalue weighted by Crippen LogP contribution is 2.23. The van der Waals surface area contributed by atoms with Gasteiger partial charge in [0.1, 0.15) is 5.75 Å². The molecule has 0 saturated carbocycles. The minimum absolute atomic E-state index is 0.501. The molecule has 0 aliphatic carbocycles. The van der Waals surface area contributed by atoms with Crippen LogP contribution in [0.25, 0.3) is 16.8 Å². The van der Waals surface area contributed by atoms with Gasteiger partial charge in [0.15, 0.2) is 0 Å². The lowest BCUT2D eigenvalue weighted by Gasteiger charge is -2.12. The molecule has 4 rings (SSSR count). The summed E-state index contributed by atoms with van der Waals surface area (Å²) in [5, 5.41) is 11.4. The van der Waals surface area contributed by atoms with Gasteiger partial charge in [-0.1, -0.05) is 54.6 Å². The van der Waals surface area contributed by atoms with Crippen molar-refractivity contribution in [2.75, 3.05) is 6.61 Å². The van der Waals surface area contributed by atoms with Crippen LogP contribution in [0.3, 0.4) is 0 Å². The molecule has 0 radical (unpaired) electrons. The molecule has 0 atom stereocenters. The van der Waals surface area contributed by atoms with Crippen molar-refractivity contribution >= 4 is 22.8 Å². The Hall–Kier alpha value is -3.86. The predicted octanol–water partition coefficient (Wildman–Crippen LogP) is 4.80. The van der Waals surface area contributed by atoms with Crippen LogP contribution < -0.4 is 4.74 Å². The lowest BCUT2D eigenvalue weighted by Crippen LogP contribution is -2.04. The first-order valence-electron chi connectivity index (χ1n) is 9.77. The second-order valence-corrected chi connectivity index (χ2v) is 7.06.